The zero-order valence-electron chi connectivity index (χ0n) is 18.0. The Labute approximate surface area is 198 Å². The lowest BCUT2D eigenvalue weighted by atomic mass is 10.1. The van der Waals surface area contributed by atoms with Crippen LogP contribution in [0.3, 0.4) is 0 Å². The fourth-order valence-corrected chi connectivity index (χ4v) is 3.72. The van der Waals surface area contributed by atoms with Crippen molar-refractivity contribution in [1.82, 2.24) is 10.2 Å². The van der Waals surface area contributed by atoms with E-state index in [1.54, 1.807) is 10.2 Å². The summed E-state index contributed by atoms with van der Waals surface area (Å²) in [7, 11) is 0. The monoisotopic (exact) mass is 499 g/mol. The molecule has 6 nitrogen and oxygen atoms in total. The highest BCUT2D eigenvalue weighted by molar-refractivity contribution is 6.31. The van der Waals surface area contributed by atoms with Gasteiger partial charge in [0.15, 0.2) is 5.78 Å². The van der Waals surface area contributed by atoms with Crippen molar-refractivity contribution in [1.29, 1.82) is 0 Å². The van der Waals surface area contributed by atoms with Gasteiger partial charge in [0, 0.05) is 29.9 Å². The van der Waals surface area contributed by atoms with Gasteiger partial charge in [-0.3, -0.25) is 14.5 Å². The quantitative estimate of drug-likeness (QED) is 0.440. The number of nitrogens with one attached hydrogen (secondary N) is 1. The molecule has 2 aromatic rings. The van der Waals surface area contributed by atoms with Crippen LogP contribution in [0, 0.1) is 11.6 Å². The number of carbonyl (C=O) groups is 3. The van der Waals surface area contributed by atoms with E-state index in [9.17, 15) is 31.9 Å². The van der Waals surface area contributed by atoms with Gasteiger partial charge in [0.25, 0.3) is 5.91 Å². The van der Waals surface area contributed by atoms with Gasteiger partial charge in [-0.2, -0.15) is 8.78 Å². The van der Waals surface area contributed by atoms with E-state index < -0.39 is 42.3 Å². The first-order valence-corrected chi connectivity index (χ1v) is 10.9. The SMILES string of the molecule is O=C(CNC(=O)C(F)F)c1ccc(CN(C(=O)N2CCCCC2)c2ccc(F)c(Cl)c2)c(F)c1. The van der Waals surface area contributed by atoms with Crippen molar-refractivity contribution in [3.63, 3.8) is 0 Å². The Hall–Kier alpha value is -3.14. The molecule has 1 fully saturated rings. The number of carbonyl (C=O) groups excluding carboxylic acids is 3. The third-order valence-corrected chi connectivity index (χ3v) is 5.69. The average Bonchev–Trinajstić information content (AvgIpc) is 2.83. The number of alkyl halides is 2. The minimum Gasteiger partial charge on any atom is -0.344 e. The Bertz CT molecular complexity index is 1080. The third kappa shape index (κ3) is 6.25. The highest BCUT2D eigenvalue weighted by Crippen LogP contribution is 2.27. The molecule has 1 N–H and O–H groups in total. The van der Waals surface area contributed by atoms with Gasteiger partial charge >= 0.3 is 12.5 Å². The van der Waals surface area contributed by atoms with Crippen LogP contribution >= 0.6 is 11.6 Å². The van der Waals surface area contributed by atoms with E-state index in [1.165, 1.54) is 29.2 Å². The fraction of sp³-hybridized carbons (Fsp3) is 0.348. The normalized spacial score (nSPS) is 13.6. The van der Waals surface area contributed by atoms with Crippen molar-refractivity contribution in [2.24, 2.45) is 0 Å². The van der Waals surface area contributed by atoms with Crippen LogP contribution in [0.25, 0.3) is 0 Å². The maximum Gasteiger partial charge on any atom is 0.324 e. The number of hydrogen-bond acceptors (Lipinski definition) is 3. The van der Waals surface area contributed by atoms with Crippen molar-refractivity contribution in [2.75, 3.05) is 24.5 Å². The molecule has 0 atom stereocenters. The van der Waals surface area contributed by atoms with Crippen molar-refractivity contribution in [3.8, 4) is 0 Å². The van der Waals surface area contributed by atoms with Crippen LogP contribution in [0.2, 0.25) is 5.02 Å². The Morgan fingerprint density at radius 3 is 2.32 bits per heavy atom. The van der Waals surface area contributed by atoms with Gasteiger partial charge in [0.05, 0.1) is 18.1 Å². The maximum atomic E-state index is 14.9. The molecule has 0 unspecified atom stereocenters. The fourth-order valence-electron chi connectivity index (χ4n) is 3.54. The predicted octanol–water partition coefficient (Wildman–Crippen LogP) is 4.79. The number of benzene rings is 2. The van der Waals surface area contributed by atoms with Gasteiger partial charge in [0.2, 0.25) is 0 Å². The van der Waals surface area contributed by atoms with Gasteiger partial charge in [-0.05, 0) is 43.5 Å². The Morgan fingerprint density at radius 1 is 1.00 bits per heavy atom. The second-order valence-corrected chi connectivity index (χ2v) is 8.17. The number of Topliss-reactive ketones (excluding diaryl/α,β-unsaturated/α-hetero) is 1. The molecule has 2 aromatic carbocycles. The first kappa shape index (κ1) is 25.5. The van der Waals surface area contributed by atoms with Crippen LogP contribution in [0.4, 0.5) is 28.0 Å². The summed E-state index contributed by atoms with van der Waals surface area (Å²) in [6, 6.07) is 6.84. The van der Waals surface area contributed by atoms with E-state index in [-0.39, 0.29) is 28.4 Å². The van der Waals surface area contributed by atoms with E-state index in [0.717, 1.165) is 31.4 Å². The number of amides is 3. The molecule has 34 heavy (non-hydrogen) atoms. The number of halogens is 5. The van der Waals surface area contributed by atoms with Gasteiger partial charge in [-0.15, -0.1) is 0 Å². The summed E-state index contributed by atoms with van der Waals surface area (Å²) in [4.78, 5) is 39.2. The molecule has 3 rings (SSSR count). The zero-order chi connectivity index (χ0) is 24.8. The lowest BCUT2D eigenvalue weighted by molar-refractivity contribution is -0.131. The number of anilines is 1. The molecule has 1 aliphatic rings. The average molecular weight is 500 g/mol. The van der Waals surface area contributed by atoms with Gasteiger partial charge in [0.1, 0.15) is 11.6 Å². The summed E-state index contributed by atoms with van der Waals surface area (Å²) >= 11 is 5.89. The molecule has 11 heteroatoms. The second kappa shape index (κ2) is 11.3. The molecule has 0 spiro atoms. The van der Waals surface area contributed by atoms with Gasteiger partial charge < -0.3 is 10.2 Å². The molecule has 0 bridgehead atoms. The number of ketones is 1. The molecular formula is C23H22ClF4N3O3. The lowest BCUT2D eigenvalue weighted by Gasteiger charge is -2.33. The van der Waals surface area contributed by atoms with Crippen molar-refractivity contribution < 1.29 is 31.9 Å². The summed E-state index contributed by atoms with van der Waals surface area (Å²) in [6.45, 7) is 0.129. The molecule has 0 aliphatic carbocycles. The Balaban J connectivity index is 1.82. The predicted molar refractivity (Wildman–Crippen MR) is 118 cm³/mol. The van der Waals surface area contributed by atoms with Crippen molar-refractivity contribution in [3.05, 3.63) is 64.2 Å². The molecule has 182 valence electrons. The Morgan fingerprint density at radius 2 is 1.71 bits per heavy atom. The van der Waals surface area contributed by atoms with E-state index >= 15 is 0 Å². The molecule has 0 aromatic heterocycles. The van der Waals surface area contributed by atoms with Gasteiger partial charge in [-0.1, -0.05) is 23.7 Å². The third-order valence-electron chi connectivity index (χ3n) is 5.40. The minimum absolute atomic E-state index is 0.0685. The van der Waals surface area contributed by atoms with E-state index in [4.69, 9.17) is 11.6 Å². The summed E-state index contributed by atoms with van der Waals surface area (Å²) in [5, 5.41) is 1.57. The van der Waals surface area contributed by atoms with Crippen molar-refractivity contribution in [2.45, 2.75) is 32.2 Å². The van der Waals surface area contributed by atoms with Gasteiger partial charge in [-0.25, -0.2) is 13.6 Å². The standard InChI is InChI=1S/C23H22ClF4N3O3/c24-17-11-16(6-7-18(17)25)31(23(34)30-8-2-1-3-9-30)13-15-5-4-14(10-19(15)26)20(32)12-29-22(33)21(27)28/h4-7,10-11,21H,1-3,8-9,12-13H2,(H,29,33). The van der Waals surface area contributed by atoms with E-state index in [2.05, 4.69) is 0 Å². The second-order valence-electron chi connectivity index (χ2n) is 7.76. The van der Waals surface area contributed by atoms with E-state index in [0.29, 0.717) is 13.1 Å². The molecule has 3 amide bonds. The van der Waals surface area contributed by atoms with Crippen LogP contribution in [-0.4, -0.2) is 48.7 Å². The van der Waals surface area contributed by atoms with E-state index in [1.807, 2.05) is 0 Å². The number of likely N-dealkylation sites (tertiary alicyclic amines) is 1. The molecule has 0 saturated carbocycles. The highest BCUT2D eigenvalue weighted by atomic mass is 35.5. The van der Waals surface area contributed by atoms with Crippen LogP contribution in [0.5, 0.6) is 0 Å². The number of piperidine rings is 1. The van der Waals surface area contributed by atoms with Crippen LogP contribution in [-0.2, 0) is 11.3 Å². The molecule has 1 saturated heterocycles. The van der Waals surface area contributed by atoms with Crippen LogP contribution < -0.4 is 10.2 Å². The number of rotatable bonds is 7. The summed E-state index contributed by atoms with van der Waals surface area (Å²) < 4.78 is 53.1. The molecule has 0 radical (unpaired) electrons. The lowest BCUT2D eigenvalue weighted by Crippen LogP contribution is -2.45. The zero-order valence-corrected chi connectivity index (χ0v) is 18.8. The first-order valence-electron chi connectivity index (χ1n) is 10.6. The summed E-state index contributed by atoms with van der Waals surface area (Å²) in [5.74, 6) is -3.83. The summed E-state index contributed by atoms with van der Waals surface area (Å²) in [6.07, 6.45) is -0.613. The van der Waals surface area contributed by atoms with Crippen LogP contribution in [0.15, 0.2) is 36.4 Å². The maximum absolute atomic E-state index is 14.9. The van der Waals surface area contributed by atoms with Crippen molar-refractivity contribution >= 4 is 35.0 Å². The number of nitrogens with zero attached hydrogens (tertiary/aromatic N) is 2. The van der Waals surface area contributed by atoms with Crippen LogP contribution in [0.1, 0.15) is 35.2 Å². The smallest absolute Gasteiger partial charge is 0.324 e. The highest BCUT2D eigenvalue weighted by Gasteiger charge is 2.26. The molecule has 1 aliphatic heterocycles. The first-order chi connectivity index (χ1) is 16.2. The minimum atomic E-state index is -3.27. The Kier molecular flexibility index (Phi) is 8.49. The number of hydrogen-bond donors (Lipinski definition) is 1. The molecular weight excluding hydrogens is 478 g/mol. The topological polar surface area (TPSA) is 69.7 Å². The molecule has 1 heterocycles. The number of urea groups is 1. The largest absolute Gasteiger partial charge is 0.344 e. The summed E-state index contributed by atoms with van der Waals surface area (Å²) in [5.41, 5.74) is 0.213.